The highest BCUT2D eigenvalue weighted by Crippen LogP contribution is 2.09. The van der Waals surface area contributed by atoms with Crippen molar-refractivity contribution in [3.63, 3.8) is 0 Å². The van der Waals surface area contributed by atoms with Crippen molar-refractivity contribution in [1.29, 1.82) is 0 Å². The van der Waals surface area contributed by atoms with Gasteiger partial charge in [-0.2, -0.15) is 0 Å². The van der Waals surface area contributed by atoms with Crippen LogP contribution in [0.15, 0.2) is 31.0 Å². The summed E-state index contributed by atoms with van der Waals surface area (Å²) < 4.78 is 2.05. The van der Waals surface area contributed by atoms with E-state index in [1.165, 1.54) is 12.1 Å². The smallest absolute Gasteiger partial charge is 0.225 e. The van der Waals surface area contributed by atoms with Crippen molar-refractivity contribution in [3.8, 4) is 0 Å². The standard InChI is InChI=1S/C16H25N7/c1-21-14-18-13-15(21)12-17-4-3-7-22-8-10-23(11-9-22)16-19-5-2-6-20-16/h2,5-6,13-14,17H,3-4,7-12H2,1H3. The zero-order valence-electron chi connectivity index (χ0n) is 13.7. The summed E-state index contributed by atoms with van der Waals surface area (Å²) >= 11 is 0. The highest BCUT2D eigenvalue weighted by Gasteiger charge is 2.17. The number of anilines is 1. The first-order valence-corrected chi connectivity index (χ1v) is 8.23. The minimum absolute atomic E-state index is 0.852. The molecule has 0 aliphatic carbocycles. The lowest BCUT2D eigenvalue weighted by Gasteiger charge is -2.34. The molecule has 1 aliphatic heterocycles. The predicted molar refractivity (Wildman–Crippen MR) is 90.2 cm³/mol. The van der Waals surface area contributed by atoms with E-state index in [0.29, 0.717) is 0 Å². The van der Waals surface area contributed by atoms with E-state index in [9.17, 15) is 0 Å². The first-order chi connectivity index (χ1) is 11.3. The molecule has 0 atom stereocenters. The van der Waals surface area contributed by atoms with Gasteiger partial charge in [-0.05, 0) is 25.6 Å². The zero-order chi connectivity index (χ0) is 15.9. The molecule has 0 bridgehead atoms. The topological polar surface area (TPSA) is 62.1 Å². The number of hydrogen-bond donors (Lipinski definition) is 1. The van der Waals surface area contributed by atoms with Gasteiger partial charge in [-0.3, -0.25) is 4.90 Å². The van der Waals surface area contributed by atoms with Crippen molar-refractivity contribution in [1.82, 2.24) is 29.7 Å². The Balaban J connectivity index is 1.30. The minimum Gasteiger partial charge on any atom is -0.338 e. The van der Waals surface area contributed by atoms with Gasteiger partial charge in [0.2, 0.25) is 5.95 Å². The Bertz CT molecular complexity index is 575. The fraction of sp³-hybridized carbons (Fsp3) is 0.562. The number of rotatable bonds is 7. The van der Waals surface area contributed by atoms with Gasteiger partial charge in [-0.1, -0.05) is 0 Å². The second-order valence-corrected chi connectivity index (χ2v) is 5.90. The lowest BCUT2D eigenvalue weighted by Crippen LogP contribution is -2.47. The van der Waals surface area contributed by atoms with Gasteiger partial charge in [0.1, 0.15) is 0 Å². The molecule has 0 saturated carbocycles. The molecule has 0 spiro atoms. The van der Waals surface area contributed by atoms with Crippen LogP contribution in [0.3, 0.4) is 0 Å². The Labute approximate surface area is 137 Å². The van der Waals surface area contributed by atoms with E-state index in [-0.39, 0.29) is 0 Å². The fourth-order valence-corrected chi connectivity index (χ4v) is 2.83. The van der Waals surface area contributed by atoms with Crippen molar-refractivity contribution in [3.05, 3.63) is 36.7 Å². The number of hydrogen-bond acceptors (Lipinski definition) is 6. The van der Waals surface area contributed by atoms with E-state index in [1.54, 1.807) is 0 Å². The summed E-state index contributed by atoms with van der Waals surface area (Å²) in [7, 11) is 2.03. The minimum atomic E-state index is 0.852. The molecule has 7 nitrogen and oxygen atoms in total. The molecular formula is C16H25N7. The van der Waals surface area contributed by atoms with Crippen LogP contribution in [0.4, 0.5) is 5.95 Å². The highest BCUT2D eigenvalue weighted by atomic mass is 15.3. The van der Waals surface area contributed by atoms with Gasteiger partial charge in [0.15, 0.2) is 0 Å². The van der Waals surface area contributed by atoms with Crippen LogP contribution in [0.1, 0.15) is 12.1 Å². The third-order valence-corrected chi connectivity index (χ3v) is 4.26. The van der Waals surface area contributed by atoms with E-state index in [1.807, 2.05) is 38.0 Å². The average molecular weight is 315 g/mol. The Morgan fingerprint density at radius 3 is 2.61 bits per heavy atom. The molecule has 1 aliphatic rings. The molecule has 1 saturated heterocycles. The molecule has 124 valence electrons. The number of piperazine rings is 1. The van der Waals surface area contributed by atoms with Crippen molar-refractivity contribution < 1.29 is 0 Å². The normalized spacial score (nSPS) is 16.0. The van der Waals surface area contributed by atoms with E-state index >= 15 is 0 Å². The molecule has 0 amide bonds. The van der Waals surface area contributed by atoms with Crippen LogP contribution >= 0.6 is 0 Å². The number of imidazole rings is 1. The predicted octanol–water partition coefficient (Wildman–Crippen LogP) is 0.512. The van der Waals surface area contributed by atoms with Gasteiger partial charge in [-0.25, -0.2) is 15.0 Å². The molecule has 0 unspecified atom stereocenters. The van der Waals surface area contributed by atoms with Crippen molar-refractivity contribution >= 4 is 5.95 Å². The van der Waals surface area contributed by atoms with Crippen LogP contribution in [-0.2, 0) is 13.6 Å². The maximum Gasteiger partial charge on any atom is 0.225 e. The largest absolute Gasteiger partial charge is 0.338 e. The Morgan fingerprint density at radius 1 is 1.13 bits per heavy atom. The number of nitrogens with zero attached hydrogens (tertiary/aromatic N) is 6. The second kappa shape index (κ2) is 8.03. The number of nitrogens with one attached hydrogen (secondary N) is 1. The maximum atomic E-state index is 4.32. The molecule has 1 fully saturated rings. The number of aromatic nitrogens is 4. The van der Waals surface area contributed by atoms with Gasteiger partial charge in [-0.15, -0.1) is 0 Å². The summed E-state index contributed by atoms with van der Waals surface area (Å²) in [5, 5.41) is 3.48. The van der Waals surface area contributed by atoms with E-state index in [2.05, 4.69) is 34.6 Å². The molecule has 0 radical (unpaired) electrons. The Hall–Kier alpha value is -1.99. The van der Waals surface area contributed by atoms with Gasteiger partial charge >= 0.3 is 0 Å². The maximum absolute atomic E-state index is 4.32. The SMILES string of the molecule is Cn1cncc1CNCCCN1CCN(c2ncccn2)CC1. The van der Waals surface area contributed by atoms with E-state index in [4.69, 9.17) is 0 Å². The van der Waals surface area contributed by atoms with Crippen molar-refractivity contribution in [2.45, 2.75) is 13.0 Å². The summed E-state index contributed by atoms with van der Waals surface area (Å²) in [6.07, 6.45) is 8.54. The molecule has 1 N–H and O–H groups in total. The Kier molecular flexibility index (Phi) is 5.55. The summed E-state index contributed by atoms with van der Waals surface area (Å²) in [5.74, 6) is 0.852. The van der Waals surface area contributed by atoms with Crippen molar-refractivity contribution in [2.24, 2.45) is 7.05 Å². The lowest BCUT2D eigenvalue weighted by molar-refractivity contribution is 0.252. The Morgan fingerprint density at radius 2 is 1.91 bits per heavy atom. The van der Waals surface area contributed by atoms with E-state index in [0.717, 1.165) is 51.8 Å². The zero-order valence-corrected chi connectivity index (χ0v) is 13.7. The van der Waals surface area contributed by atoms with Crippen LogP contribution in [0.25, 0.3) is 0 Å². The molecule has 2 aromatic heterocycles. The van der Waals surface area contributed by atoms with Crippen LogP contribution < -0.4 is 10.2 Å². The van der Waals surface area contributed by atoms with Crippen LogP contribution in [0, 0.1) is 0 Å². The van der Waals surface area contributed by atoms with Crippen molar-refractivity contribution in [2.75, 3.05) is 44.2 Å². The molecule has 23 heavy (non-hydrogen) atoms. The van der Waals surface area contributed by atoms with Gasteiger partial charge in [0.05, 0.1) is 12.0 Å². The lowest BCUT2D eigenvalue weighted by atomic mass is 10.3. The molecule has 3 rings (SSSR count). The third-order valence-electron chi connectivity index (χ3n) is 4.26. The van der Waals surface area contributed by atoms with Crippen LogP contribution in [0.5, 0.6) is 0 Å². The molecule has 7 heteroatoms. The fourth-order valence-electron chi connectivity index (χ4n) is 2.83. The summed E-state index contributed by atoms with van der Waals surface area (Å²) in [4.78, 5) is 17.6. The van der Waals surface area contributed by atoms with Gasteiger partial charge < -0.3 is 14.8 Å². The molecular weight excluding hydrogens is 290 g/mol. The third kappa shape index (κ3) is 4.49. The average Bonchev–Trinajstić information content (AvgIpc) is 3.01. The summed E-state index contributed by atoms with van der Waals surface area (Å²) in [5.41, 5.74) is 1.22. The molecule has 2 aromatic rings. The monoisotopic (exact) mass is 315 g/mol. The quantitative estimate of drug-likeness (QED) is 0.751. The van der Waals surface area contributed by atoms with Crippen LogP contribution in [0.2, 0.25) is 0 Å². The van der Waals surface area contributed by atoms with E-state index < -0.39 is 0 Å². The van der Waals surface area contributed by atoms with Crippen LogP contribution in [-0.4, -0.2) is 63.7 Å². The summed E-state index contributed by atoms with van der Waals surface area (Å²) in [6, 6.07) is 1.86. The molecule has 0 aromatic carbocycles. The first-order valence-electron chi connectivity index (χ1n) is 8.23. The molecule has 3 heterocycles. The first kappa shape index (κ1) is 15.9. The van der Waals surface area contributed by atoms with Gasteiger partial charge in [0, 0.05) is 58.4 Å². The second-order valence-electron chi connectivity index (χ2n) is 5.90. The number of aryl methyl sites for hydroxylation is 1. The summed E-state index contributed by atoms with van der Waals surface area (Å²) in [6.45, 7) is 7.24. The van der Waals surface area contributed by atoms with Gasteiger partial charge in [0.25, 0.3) is 0 Å². The highest BCUT2D eigenvalue weighted by molar-refractivity contribution is 5.29.